The second kappa shape index (κ2) is 3.88. The molecular formula is C11H15NO2. The summed E-state index contributed by atoms with van der Waals surface area (Å²) < 4.78 is 0. The van der Waals surface area contributed by atoms with Crippen LogP contribution in [0.25, 0.3) is 0 Å². The van der Waals surface area contributed by atoms with Crippen molar-refractivity contribution in [3.8, 4) is 0 Å². The van der Waals surface area contributed by atoms with Gasteiger partial charge in [-0.2, -0.15) is 0 Å². The molecule has 0 bridgehead atoms. The third kappa shape index (κ3) is 2.17. The fraction of sp³-hybridized carbons (Fsp3) is 0.455. The van der Waals surface area contributed by atoms with Crippen LogP contribution in [0.1, 0.15) is 36.2 Å². The SMILES string of the molecule is CCC(C)(O)C(=O)c1cncc(C)c1. The van der Waals surface area contributed by atoms with E-state index in [1.165, 1.54) is 13.1 Å². The first-order valence-electron chi connectivity index (χ1n) is 4.66. The Kier molecular flexibility index (Phi) is 3.01. The van der Waals surface area contributed by atoms with Gasteiger partial charge in [-0.1, -0.05) is 6.92 Å². The molecule has 0 saturated carbocycles. The predicted octanol–water partition coefficient (Wildman–Crippen LogP) is 1.73. The van der Waals surface area contributed by atoms with E-state index in [0.717, 1.165) is 5.56 Å². The van der Waals surface area contributed by atoms with Gasteiger partial charge in [0.15, 0.2) is 5.78 Å². The molecule has 1 N–H and O–H groups in total. The number of nitrogens with zero attached hydrogens (tertiary/aromatic N) is 1. The second-order valence-electron chi connectivity index (χ2n) is 3.71. The van der Waals surface area contributed by atoms with Crippen LogP contribution in [0, 0.1) is 6.92 Å². The van der Waals surface area contributed by atoms with E-state index < -0.39 is 5.60 Å². The fourth-order valence-electron chi connectivity index (χ4n) is 1.15. The van der Waals surface area contributed by atoms with E-state index in [9.17, 15) is 9.90 Å². The molecule has 0 fully saturated rings. The first-order valence-corrected chi connectivity index (χ1v) is 4.66. The van der Waals surface area contributed by atoms with Crippen molar-refractivity contribution in [1.29, 1.82) is 0 Å². The molecule has 14 heavy (non-hydrogen) atoms. The zero-order valence-electron chi connectivity index (χ0n) is 8.74. The number of hydrogen-bond acceptors (Lipinski definition) is 3. The summed E-state index contributed by atoms with van der Waals surface area (Å²) in [4.78, 5) is 15.7. The number of Topliss-reactive ketones (excluding diaryl/α,β-unsaturated/α-hetero) is 1. The number of rotatable bonds is 3. The number of aliphatic hydroxyl groups is 1. The molecular weight excluding hydrogens is 178 g/mol. The molecule has 3 nitrogen and oxygen atoms in total. The van der Waals surface area contributed by atoms with Crippen LogP contribution in [0.5, 0.6) is 0 Å². The van der Waals surface area contributed by atoms with Gasteiger partial charge in [-0.05, 0) is 31.9 Å². The van der Waals surface area contributed by atoms with Gasteiger partial charge in [0.25, 0.3) is 0 Å². The van der Waals surface area contributed by atoms with Crippen molar-refractivity contribution in [1.82, 2.24) is 4.98 Å². The highest BCUT2D eigenvalue weighted by Crippen LogP contribution is 2.16. The molecule has 76 valence electrons. The molecule has 0 aliphatic rings. The summed E-state index contributed by atoms with van der Waals surface area (Å²) in [5.74, 6) is -0.267. The summed E-state index contributed by atoms with van der Waals surface area (Å²) >= 11 is 0. The summed E-state index contributed by atoms with van der Waals surface area (Å²) in [7, 11) is 0. The van der Waals surface area contributed by atoms with E-state index in [2.05, 4.69) is 4.98 Å². The summed E-state index contributed by atoms with van der Waals surface area (Å²) in [6.45, 7) is 5.17. The molecule has 0 aliphatic carbocycles. The topological polar surface area (TPSA) is 50.2 Å². The van der Waals surface area contributed by atoms with E-state index in [-0.39, 0.29) is 5.78 Å². The van der Waals surface area contributed by atoms with Crippen molar-refractivity contribution in [2.45, 2.75) is 32.8 Å². The Morgan fingerprint density at radius 3 is 2.71 bits per heavy atom. The van der Waals surface area contributed by atoms with Crippen LogP contribution in [0.2, 0.25) is 0 Å². The number of pyridine rings is 1. The maximum absolute atomic E-state index is 11.8. The van der Waals surface area contributed by atoms with Gasteiger partial charge in [0.05, 0.1) is 0 Å². The smallest absolute Gasteiger partial charge is 0.195 e. The summed E-state index contributed by atoms with van der Waals surface area (Å²) in [6.07, 6.45) is 3.57. The van der Waals surface area contributed by atoms with Crippen molar-refractivity contribution >= 4 is 5.78 Å². The van der Waals surface area contributed by atoms with Gasteiger partial charge in [-0.3, -0.25) is 9.78 Å². The maximum atomic E-state index is 11.8. The van der Waals surface area contributed by atoms with Crippen molar-refractivity contribution in [2.24, 2.45) is 0 Å². The average Bonchev–Trinajstić information content (AvgIpc) is 2.16. The molecule has 0 amide bonds. The monoisotopic (exact) mass is 193 g/mol. The summed E-state index contributed by atoms with van der Waals surface area (Å²) in [5, 5.41) is 9.76. The van der Waals surface area contributed by atoms with Gasteiger partial charge in [0.1, 0.15) is 5.60 Å². The number of aromatic nitrogens is 1. The van der Waals surface area contributed by atoms with Crippen LogP contribution in [0.15, 0.2) is 18.5 Å². The van der Waals surface area contributed by atoms with Crippen molar-refractivity contribution in [2.75, 3.05) is 0 Å². The van der Waals surface area contributed by atoms with Crippen LogP contribution in [0.3, 0.4) is 0 Å². The molecule has 1 heterocycles. The molecule has 0 radical (unpaired) electrons. The molecule has 1 atom stereocenters. The Labute approximate surface area is 83.8 Å². The van der Waals surface area contributed by atoms with Gasteiger partial charge in [0.2, 0.25) is 0 Å². The molecule has 0 spiro atoms. The van der Waals surface area contributed by atoms with Crippen LogP contribution >= 0.6 is 0 Å². The highest BCUT2D eigenvalue weighted by Gasteiger charge is 2.28. The van der Waals surface area contributed by atoms with Gasteiger partial charge in [0, 0.05) is 18.0 Å². The Morgan fingerprint density at radius 1 is 1.57 bits per heavy atom. The summed E-state index contributed by atoms with van der Waals surface area (Å²) in [6, 6.07) is 1.74. The lowest BCUT2D eigenvalue weighted by Crippen LogP contribution is -2.34. The molecule has 1 unspecified atom stereocenters. The standard InChI is InChI=1S/C11H15NO2/c1-4-11(3,14)10(13)9-5-8(2)6-12-7-9/h5-7,14H,4H2,1-3H3. The second-order valence-corrected chi connectivity index (χ2v) is 3.71. The summed E-state index contributed by atoms with van der Waals surface area (Å²) in [5.41, 5.74) is 0.106. The van der Waals surface area contributed by atoms with Crippen LogP contribution < -0.4 is 0 Å². The zero-order chi connectivity index (χ0) is 10.8. The van der Waals surface area contributed by atoms with Crippen molar-refractivity contribution in [3.63, 3.8) is 0 Å². The third-order valence-corrected chi connectivity index (χ3v) is 2.31. The molecule has 0 aromatic carbocycles. The lowest BCUT2D eigenvalue weighted by Gasteiger charge is -2.19. The zero-order valence-corrected chi connectivity index (χ0v) is 8.74. The van der Waals surface area contributed by atoms with Gasteiger partial charge >= 0.3 is 0 Å². The molecule has 3 heteroatoms. The third-order valence-electron chi connectivity index (χ3n) is 2.31. The molecule has 0 saturated heterocycles. The Morgan fingerprint density at radius 2 is 2.21 bits per heavy atom. The Bertz CT molecular complexity index is 345. The van der Waals surface area contributed by atoms with E-state index in [1.807, 2.05) is 6.92 Å². The lowest BCUT2D eigenvalue weighted by molar-refractivity contribution is 0.0390. The van der Waals surface area contributed by atoms with Gasteiger partial charge < -0.3 is 5.11 Å². The van der Waals surface area contributed by atoms with Gasteiger partial charge in [-0.15, -0.1) is 0 Å². The highest BCUT2D eigenvalue weighted by molar-refractivity contribution is 6.01. The minimum absolute atomic E-state index is 0.267. The molecule has 0 aliphatic heterocycles. The minimum atomic E-state index is -1.28. The maximum Gasteiger partial charge on any atom is 0.195 e. The highest BCUT2D eigenvalue weighted by atomic mass is 16.3. The predicted molar refractivity (Wildman–Crippen MR) is 54.2 cm³/mol. The number of aryl methyl sites for hydroxylation is 1. The number of ketones is 1. The van der Waals surface area contributed by atoms with E-state index in [4.69, 9.17) is 0 Å². The number of carbonyl (C=O) groups is 1. The molecule has 1 aromatic rings. The van der Waals surface area contributed by atoms with E-state index in [1.54, 1.807) is 19.2 Å². The first kappa shape index (κ1) is 10.9. The van der Waals surface area contributed by atoms with Crippen LogP contribution in [-0.4, -0.2) is 21.5 Å². The van der Waals surface area contributed by atoms with Crippen LogP contribution in [-0.2, 0) is 0 Å². The Balaban J connectivity index is 3.01. The van der Waals surface area contributed by atoms with Crippen molar-refractivity contribution < 1.29 is 9.90 Å². The van der Waals surface area contributed by atoms with Crippen molar-refractivity contribution in [3.05, 3.63) is 29.6 Å². The fourth-order valence-corrected chi connectivity index (χ4v) is 1.15. The first-order chi connectivity index (χ1) is 6.47. The van der Waals surface area contributed by atoms with Gasteiger partial charge in [-0.25, -0.2) is 0 Å². The lowest BCUT2D eigenvalue weighted by atomic mass is 9.93. The minimum Gasteiger partial charge on any atom is -0.382 e. The Hall–Kier alpha value is -1.22. The molecule has 1 rings (SSSR count). The average molecular weight is 193 g/mol. The quantitative estimate of drug-likeness (QED) is 0.744. The normalized spacial score (nSPS) is 14.9. The van der Waals surface area contributed by atoms with E-state index >= 15 is 0 Å². The number of hydrogen-bond donors (Lipinski definition) is 1. The van der Waals surface area contributed by atoms with E-state index in [0.29, 0.717) is 12.0 Å². The number of carbonyl (C=O) groups excluding carboxylic acids is 1. The largest absolute Gasteiger partial charge is 0.382 e. The molecule has 1 aromatic heterocycles. The van der Waals surface area contributed by atoms with Crippen LogP contribution in [0.4, 0.5) is 0 Å².